The van der Waals surface area contributed by atoms with Crippen molar-refractivity contribution in [2.45, 2.75) is 45.3 Å². The molecule has 3 rings (SSSR count). The Labute approximate surface area is 227 Å². The highest BCUT2D eigenvalue weighted by Crippen LogP contribution is 2.27. The van der Waals surface area contributed by atoms with E-state index in [1.807, 2.05) is 56.3 Å². The third kappa shape index (κ3) is 8.16. The Bertz CT molecular complexity index is 1160. The summed E-state index contributed by atoms with van der Waals surface area (Å²) in [6, 6.07) is 20.8. The number of amides is 2. The first-order valence-corrected chi connectivity index (χ1v) is 12.9. The molecule has 36 heavy (non-hydrogen) atoms. The fourth-order valence-electron chi connectivity index (χ4n) is 3.60. The Morgan fingerprint density at radius 2 is 1.58 bits per heavy atom. The van der Waals surface area contributed by atoms with E-state index in [-0.39, 0.29) is 31.0 Å². The predicted molar refractivity (Wildman–Crippen MR) is 146 cm³/mol. The van der Waals surface area contributed by atoms with Crippen LogP contribution in [0.25, 0.3) is 0 Å². The van der Waals surface area contributed by atoms with E-state index in [2.05, 4.69) is 5.32 Å². The number of nitrogens with zero attached hydrogens (tertiary/aromatic N) is 1. The minimum absolute atomic E-state index is 0.0348. The van der Waals surface area contributed by atoms with Crippen LogP contribution in [-0.4, -0.2) is 35.4 Å². The minimum atomic E-state index is -0.756. The smallest absolute Gasteiger partial charge is 0.261 e. The third-order valence-corrected chi connectivity index (χ3v) is 6.57. The van der Waals surface area contributed by atoms with Gasteiger partial charge in [-0.05, 0) is 54.8 Å². The second-order valence-corrected chi connectivity index (χ2v) is 9.82. The van der Waals surface area contributed by atoms with Gasteiger partial charge in [0.05, 0.1) is 5.02 Å². The van der Waals surface area contributed by atoms with Gasteiger partial charge in [0, 0.05) is 29.1 Å². The maximum atomic E-state index is 13.6. The molecule has 0 spiro atoms. The van der Waals surface area contributed by atoms with Gasteiger partial charge in [-0.3, -0.25) is 9.59 Å². The molecular formula is C28H29Cl3N2O3. The van der Waals surface area contributed by atoms with E-state index >= 15 is 0 Å². The molecule has 2 atom stereocenters. The Hall–Kier alpha value is -2.73. The molecule has 1 N–H and O–H groups in total. The summed E-state index contributed by atoms with van der Waals surface area (Å²) in [6.45, 7) is 3.85. The molecule has 0 fully saturated rings. The standard InChI is InChI=1S/C28H29Cl3N2O3/c1-3-19(2)32-28(35)25(15-20-7-5-4-6-8-20)33(17-21-9-11-22(29)12-10-21)27(34)18-36-26-14-13-23(30)16-24(26)31/h4-14,16,19,25H,3,15,17-18H2,1-2H3,(H,32,35)/t19-,25-/m1/s1. The predicted octanol–water partition coefficient (Wildman–Crippen LogP) is 6.58. The molecule has 0 radical (unpaired) electrons. The fraction of sp³-hybridized carbons (Fsp3) is 0.286. The summed E-state index contributed by atoms with van der Waals surface area (Å²) in [5, 5.41) is 4.40. The van der Waals surface area contributed by atoms with Gasteiger partial charge in [0.15, 0.2) is 6.61 Å². The van der Waals surface area contributed by atoms with Crippen molar-refractivity contribution in [3.05, 3.63) is 99.0 Å². The summed E-state index contributed by atoms with van der Waals surface area (Å²) in [5.74, 6) is -0.235. The van der Waals surface area contributed by atoms with E-state index in [9.17, 15) is 9.59 Å². The SMILES string of the molecule is CC[C@@H](C)NC(=O)[C@@H](Cc1ccccc1)N(Cc1ccc(Cl)cc1)C(=O)COc1ccc(Cl)cc1Cl. The van der Waals surface area contributed by atoms with Crippen LogP contribution in [0.3, 0.4) is 0 Å². The van der Waals surface area contributed by atoms with Crippen LogP contribution in [-0.2, 0) is 22.6 Å². The van der Waals surface area contributed by atoms with Gasteiger partial charge in [-0.1, -0.05) is 84.2 Å². The molecule has 0 aromatic heterocycles. The first kappa shape index (κ1) is 27.9. The number of halogens is 3. The van der Waals surface area contributed by atoms with Gasteiger partial charge in [-0.2, -0.15) is 0 Å². The number of benzene rings is 3. The Balaban J connectivity index is 1.91. The number of nitrogens with one attached hydrogen (secondary N) is 1. The lowest BCUT2D eigenvalue weighted by atomic mass is 10.0. The molecule has 0 unspecified atom stereocenters. The van der Waals surface area contributed by atoms with Crippen LogP contribution in [0.5, 0.6) is 5.75 Å². The van der Waals surface area contributed by atoms with E-state index < -0.39 is 6.04 Å². The number of rotatable bonds is 11. The molecule has 5 nitrogen and oxygen atoms in total. The highest BCUT2D eigenvalue weighted by atomic mass is 35.5. The largest absolute Gasteiger partial charge is 0.482 e. The molecule has 3 aromatic rings. The minimum Gasteiger partial charge on any atom is -0.482 e. The number of hydrogen-bond acceptors (Lipinski definition) is 3. The highest BCUT2D eigenvalue weighted by molar-refractivity contribution is 6.35. The zero-order valence-corrected chi connectivity index (χ0v) is 22.5. The second-order valence-electron chi connectivity index (χ2n) is 8.53. The number of carbonyl (C=O) groups excluding carboxylic acids is 2. The van der Waals surface area contributed by atoms with Crippen LogP contribution >= 0.6 is 34.8 Å². The molecule has 2 amide bonds. The normalized spacial score (nSPS) is 12.5. The lowest BCUT2D eigenvalue weighted by molar-refractivity contribution is -0.143. The van der Waals surface area contributed by atoms with Crippen LogP contribution in [0, 0.1) is 0 Å². The van der Waals surface area contributed by atoms with Gasteiger partial charge in [-0.25, -0.2) is 0 Å². The molecular weight excluding hydrogens is 519 g/mol. The van der Waals surface area contributed by atoms with E-state index in [1.165, 1.54) is 0 Å². The highest BCUT2D eigenvalue weighted by Gasteiger charge is 2.31. The average Bonchev–Trinajstić information content (AvgIpc) is 2.87. The summed E-state index contributed by atoms with van der Waals surface area (Å²) < 4.78 is 5.74. The average molecular weight is 548 g/mol. The van der Waals surface area contributed by atoms with Crippen molar-refractivity contribution in [2.75, 3.05) is 6.61 Å². The van der Waals surface area contributed by atoms with Crippen molar-refractivity contribution < 1.29 is 14.3 Å². The molecule has 0 bridgehead atoms. The van der Waals surface area contributed by atoms with Crippen molar-refractivity contribution >= 4 is 46.6 Å². The molecule has 3 aromatic carbocycles. The lowest BCUT2D eigenvalue weighted by Gasteiger charge is -2.32. The molecule has 190 valence electrons. The lowest BCUT2D eigenvalue weighted by Crippen LogP contribution is -2.53. The van der Waals surface area contributed by atoms with Crippen LogP contribution in [0.4, 0.5) is 0 Å². The van der Waals surface area contributed by atoms with Gasteiger partial charge in [0.2, 0.25) is 5.91 Å². The topological polar surface area (TPSA) is 58.6 Å². The van der Waals surface area contributed by atoms with Crippen molar-refractivity contribution in [3.63, 3.8) is 0 Å². The summed E-state index contributed by atoms with van der Waals surface area (Å²) in [7, 11) is 0. The zero-order valence-electron chi connectivity index (χ0n) is 20.2. The van der Waals surface area contributed by atoms with E-state index in [0.717, 1.165) is 17.5 Å². The van der Waals surface area contributed by atoms with E-state index in [4.69, 9.17) is 39.5 Å². The van der Waals surface area contributed by atoms with E-state index in [0.29, 0.717) is 27.2 Å². The van der Waals surface area contributed by atoms with E-state index in [1.54, 1.807) is 35.2 Å². The monoisotopic (exact) mass is 546 g/mol. The number of carbonyl (C=O) groups is 2. The molecule has 0 aliphatic heterocycles. The van der Waals surface area contributed by atoms with Crippen molar-refractivity contribution in [1.29, 1.82) is 0 Å². The van der Waals surface area contributed by atoms with Gasteiger partial charge >= 0.3 is 0 Å². The summed E-state index contributed by atoms with van der Waals surface area (Å²) in [5.41, 5.74) is 1.78. The van der Waals surface area contributed by atoms with Crippen LogP contribution in [0.15, 0.2) is 72.8 Å². The van der Waals surface area contributed by atoms with Gasteiger partial charge in [0.1, 0.15) is 11.8 Å². The van der Waals surface area contributed by atoms with Crippen LogP contribution in [0.1, 0.15) is 31.4 Å². The molecule has 8 heteroatoms. The summed E-state index contributed by atoms with van der Waals surface area (Å²) >= 11 is 18.3. The summed E-state index contributed by atoms with van der Waals surface area (Å²) in [4.78, 5) is 28.6. The maximum Gasteiger partial charge on any atom is 0.261 e. The fourth-order valence-corrected chi connectivity index (χ4v) is 4.19. The van der Waals surface area contributed by atoms with Gasteiger partial charge in [-0.15, -0.1) is 0 Å². The van der Waals surface area contributed by atoms with Crippen molar-refractivity contribution in [1.82, 2.24) is 10.2 Å². The number of hydrogen-bond donors (Lipinski definition) is 1. The van der Waals surface area contributed by atoms with Crippen molar-refractivity contribution in [2.24, 2.45) is 0 Å². The zero-order chi connectivity index (χ0) is 26.1. The maximum absolute atomic E-state index is 13.6. The summed E-state index contributed by atoms with van der Waals surface area (Å²) in [6.07, 6.45) is 1.12. The van der Waals surface area contributed by atoms with Gasteiger partial charge < -0.3 is 15.0 Å². The Morgan fingerprint density at radius 1 is 0.917 bits per heavy atom. The second kappa shape index (κ2) is 13.5. The van der Waals surface area contributed by atoms with Crippen LogP contribution < -0.4 is 10.1 Å². The molecule has 0 saturated carbocycles. The number of ether oxygens (including phenoxy) is 1. The quantitative estimate of drug-likeness (QED) is 0.295. The third-order valence-electron chi connectivity index (χ3n) is 5.78. The molecule has 0 aliphatic carbocycles. The van der Waals surface area contributed by atoms with Crippen molar-refractivity contribution in [3.8, 4) is 5.75 Å². The van der Waals surface area contributed by atoms with Gasteiger partial charge in [0.25, 0.3) is 5.91 Å². The molecule has 0 saturated heterocycles. The first-order chi connectivity index (χ1) is 17.3. The molecule has 0 aliphatic rings. The van der Waals surface area contributed by atoms with Crippen LogP contribution in [0.2, 0.25) is 15.1 Å². The Kier molecular flexibility index (Phi) is 10.5. The molecule has 0 heterocycles. The Morgan fingerprint density at radius 3 is 2.22 bits per heavy atom. The first-order valence-electron chi connectivity index (χ1n) is 11.7.